The fourth-order valence-corrected chi connectivity index (χ4v) is 1.67. The molecule has 0 radical (unpaired) electrons. The van der Waals surface area contributed by atoms with E-state index >= 15 is 0 Å². The zero-order valence-electron chi connectivity index (χ0n) is 10.8. The van der Waals surface area contributed by atoms with Crippen LogP contribution in [0.3, 0.4) is 0 Å². The molecular weight excluding hydrogens is 238 g/mol. The second-order valence-electron chi connectivity index (χ2n) is 4.13. The number of anilines is 1. The van der Waals surface area contributed by atoms with Gasteiger partial charge in [0.05, 0.1) is 11.9 Å². The van der Waals surface area contributed by atoms with Crippen molar-refractivity contribution in [2.45, 2.75) is 13.5 Å². The van der Waals surface area contributed by atoms with Gasteiger partial charge in [0.1, 0.15) is 11.8 Å². The Hall–Kier alpha value is -2.54. The lowest BCUT2D eigenvalue weighted by atomic mass is 10.2. The summed E-state index contributed by atoms with van der Waals surface area (Å²) in [7, 11) is 0. The Labute approximate surface area is 112 Å². The van der Waals surface area contributed by atoms with Gasteiger partial charge in [-0.05, 0) is 36.2 Å². The summed E-state index contributed by atoms with van der Waals surface area (Å²) in [6, 6.07) is 11.6. The number of pyridine rings is 1. The van der Waals surface area contributed by atoms with Gasteiger partial charge in [-0.15, -0.1) is 0 Å². The summed E-state index contributed by atoms with van der Waals surface area (Å²) in [4.78, 5) is 4.09. The van der Waals surface area contributed by atoms with E-state index in [1.165, 1.54) is 5.56 Å². The van der Waals surface area contributed by atoms with E-state index in [-0.39, 0.29) is 6.61 Å². The van der Waals surface area contributed by atoms with Gasteiger partial charge in [-0.1, -0.05) is 12.1 Å². The molecule has 4 heteroatoms. The van der Waals surface area contributed by atoms with E-state index < -0.39 is 0 Å². The highest BCUT2D eigenvalue weighted by Crippen LogP contribution is 2.15. The number of nitrogens with one attached hydrogen (secondary N) is 1. The summed E-state index contributed by atoms with van der Waals surface area (Å²) < 4.78 is 5.20. The maximum atomic E-state index is 8.43. The smallest absolute Gasteiger partial charge is 0.174 e. The number of aryl methyl sites for hydroxylation is 1. The number of nitriles is 1. The highest BCUT2D eigenvalue weighted by molar-refractivity contribution is 5.48. The van der Waals surface area contributed by atoms with Gasteiger partial charge in [0.15, 0.2) is 6.61 Å². The largest absolute Gasteiger partial charge is 0.479 e. The Morgan fingerprint density at radius 1 is 1.26 bits per heavy atom. The summed E-state index contributed by atoms with van der Waals surface area (Å²) in [5, 5.41) is 11.8. The van der Waals surface area contributed by atoms with Crippen LogP contribution in [-0.2, 0) is 6.54 Å². The lowest BCUT2D eigenvalue weighted by Crippen LogP contribution is -2.01. The molecule has 0 spiro atoms. The topological polar surface area (TPSA) is 57.9 Å². The Balaban J connectivity index is 1.93. The molecule has 2 rings (SSSR count). The van der Waals surface area contributed by atoms with Crippen LogP contribution in [0.2, 0.25) is 0 Å². The van der Waals surface area contributed by atoms with E-state index in [4.69, 9.17) is 10.00 Å². The molecule has 0 saturated heterocycles. The van der Waals surface area contributed by atoms with Crippen LogP contribution in [0.15, 0.2) is 42.7 Å². The maximum Gasteiger partial charge on any atom is 0.174 e. The first-order chi connectivity index (χ1) is 9.29. The molecule has 0 unspecified atom stereocenters. The van der Waals surface area contributed by atoms with Crippen LogP contribution in [0.5, 0.6) is 5.75 Å². The minimum absolute atomic E-state index is 0.0759. The highest BCUT2D eigenvalue weighted by Gasteiger charge is 1.98. The molecular formula is C15H15N3O. The van der Waals surface area contributed by atoms with Gasteiger partial charge in [-0.2, -0.15) is 5.26 Å². The normalized spacial score (nSPS) is 9.68. The van der Waals surface area contributed by atoms with Gasteiger partial charge in [-0.25, -0.2) is 0 Å². The van der Waals surface area contributed by atoms with Crippen molar-refractivity contribution in [2.24, 2.45) is 0 Å². The van der Waals surface area contributed by atoms with Gasteiger partial charge in [0.2, 0.25) is 0 Å². The molecule has 19 heavy (non-hydrogen) atoms. The molecule has 0 atom stereocenters. The molecule has 1 N–H and O–H groups in total. The molecule has 1 heterocycles. The maximum absolute atomic E-state index is 8.43. The Morgan fingerprint density at radius 3 is 2.74 bits per heavy atom. The van der Waals surface area contributed by atoms with E-state index in [2.05, 4.69) is 10.3 Å². The number of nitrogens with zero attached hydrogens (tertiary/aromatic N) is 2. The van der Waals surface area contributed by atoms with Gasteiger partial charge in [0.25, 0.3) is 0 Å². The van der Waals surface area contributed by atoms with Crippen LogP contribution in [0.1, 0.15) is 11.1 Å². The molecule has 1 aromatic carbocycles. The van der Waals surface area contributed by atoms with Crippen molar-refractivity contribution in [3.8, 4) is 11.8 Å². The van der Waals surface area contributed by atoms with E-state index in [1.54, 1.807) is 6.20 Å². The molecule has 96 valence electrons. The summed E-state index contributed by atoms with van der Waals surface area (Å²) in [6.07, 6.45) is 3.60. The standard InChI is InChI=1S/C15H15N3O/c1-12-6-8-17-11-15(12)18-10-13-2-4-14(5-3-13)19-9-7-16/h2-6,8,11,18H,9-10H2,1H3. The monoisotopic (exact) mass is 253 g/mol. The Kier molecular flexibility index (Phi) is 4.35. The zero-order valence-corrected chi connectivity index (χ0v) is 10.8. The van der Waals surface area contributed by atoms with Gasteiger partial charge in [-0.3, -0.25) is 4.98 Å². The number of hydrogen-bond donors (Lipinski definition) is 1. The number of ether oxygens (including phenoxy) is 1. The van der Waals surface area contributed by atoms with Crippen molar-refractivity contribution in [1.29, 1.82) is 5.26 Å². The molecule has 0 fully saturated rings. The molecule has 0 aliphatic rings. The summed E-state index contributed by atoms with van der Waals surface area (Å²) in [6.45, 7) is 2.85. The van der Waals surface area contributed by atoms with Gasteiger partial charge >= 0.3 is 0 Å². The second kappa shape index (κ2) is 6.41. The van der Waals surface area contributed by atoms with Crippen molar-refractivity contribution in [1.82, 2.24) is 4.98 Å². The zero-order chi connectivity index (χ0) is 13.5. The van der Waals surface area contributed by atoms with E-state index in [0.29, 0.717) is 5.75 Å². The minimum Gasteiger partial charge on any atom is -0.479 e. The number of aromatic nitrogens is 1. The molecule has 2 aromatic rings. The molecule has 0 amide bonds. The van der Waals surface area contributed by atoms with Crippen LogP contribution in [0.4, 0.5) is 5.69 Å². The number of hydrogen-bond acceptors (Lipinski definition) is 4. The van der Waals surface area contributed by atoms with Crippen LogP contribution >= 0.6 is 0 Å². The Bertz CT molecular complexity index is 573. The average Bonchev–Trinajstić information content (AvgIpc) is 2.45. The third-order valence-electron chi connectivity index (χ3n) is 2.75. The molecule has 0 bridgehead atoms. The van der Waals surface area contributed by atoms with Crippen molar-refractivity contribution in [3.63, 3.8) is 0 Å². The molecule has 0 aliphatic carbocycles. The van der Waals surface area contributed by atoms with E-state index in [9.17, 15) is 0 Å². The predicted octanol–water partition coefficient (Wildman–Crippen LogP) is 2.90. The van der Waals surface area contributed by atoms with Crippen molar-refractivity contribution >= 4 is 5.69 Å². The summed E-state index contributed by atoms with van der Waals surface area (Å²) >= 11 is 0. The first-order valence-electron chi connectivity index (χ1n) is 6.03. The molecule has 0 aliphatic heterocycles. The van der Waals surface area contributed by atoms with Crippen molar-refractivity contribution in [3.05, 3.63) is 53.9 Å². The lowest BCUT2D eigenvalue weighted by molar-refractivity contribution is 0.368. The van der Waals surface area contributed by atoms with Crippen molar-refractivity contribution < 1.29 is 4.74 Å². The molecule has 1 aromatic heterocycles. The second-order valence-corrected chi connectivity index (χ2v) is 4.13. The molecule has 0 saturated carbocycles. The number of benzene rings is 1. The SMILES string of the molecule is Cc1ccncc1NCc1ccc(OCC#N)cc1. The Morgan fingerprint density at radius 2 is 2.05 bits per heavy atom. The lowest BCUT2D eigenvalue weighted by Gasteiger charge is -2.09. The molecule has 4 nitrogen and oxygen atoms in total. The summed E-state index contributed by atoms with van der Waals surface area (Å²) in [5.74, 6) is 0.711. The number of rotatable bonds is 5. The minimum atomic E-state index is 0.0759. The van der Waals surface area contributed by atoms with Gasteiger partial charge < -0.3 is 10.1 Å². The summed E-state index contributed by atoms with van der Waals surface area (Å²) in [5.41, 5.74) is 3.35. The fourth-order valence-electron chi connectivity index (χ4n) is 1.67. The van der Waals surface area contributed by atoms with E-state index in [0.717, 1.165) is 17.8 Å². The van der Waals surface area contributed by atoms with Crippen LogP contribution in [0.25, 0.3) is 0 Å². The third kappa shape index (κ3) is 3.71. The highest BCUT2D eigenvalue weighted by atomic mass is 16.5. The first-order valence-corrected chi connectivity index (χ1v) is 6.03. The van der Waals surface area contributed by atoms with Crippen molar-refractivity contribution in [2.75, 3.05) is 11.9 Å². The fraction of sp³-hybridized carbons (Fsp3) is 0.200. The van der Waals surface area contributed by atoms with Gasteiger partial charge in [0, 0.05) is 12.7 Å². The van der Waals surface area contributed by atoms with Crippen LogP contribution in [-0.4, -0.2) is 11.6 Å². The third-order valence-corrected chi connectivity index (χ3v) is 2.75. The van der Waals surface area contributed by atoms with Crippen LogP contribution in [0, 0.1) is 18.3 Å². The predicted molar refractivity (Wildman–Crippen MR) is 73.9 cm³/mol. The van der Waals surface area contributed by atoms with Crippen LogP contribution < -0.4 is 10.1 Å². The average molecular weight is 253 g/mol. The van der Waals surface area contributed by atoms with E-state index in [1.807, 2.05) is 49.5 Å². The first kappa shape index (κ1) is 12.9. The quantitative estimate of drug-likeness (QED) is 0.890.